The number of aromatic nitrogens is 3. The third-order valence-corrected chi connectivity index (χ3v) is 6.74. The van der Waals surface area contributed by atoms with E-state index >= 15 is 0 Å². The standard InChI is InChI=1S/C20H19N5OS/c1-12-9-18(23-11-17(12)27(22)16-7-8-16)25-20(26)19(13(2)24-25)15-5-3-14(10-21)4-6-15/h3-6,9,11,16,22,26H,7-8H2,1-2H3/t27-/m1/s1. The third-order valence-electron chi connectivity index (χ3n) is 4.70. The molecule has 1 aromatic carbocycles. The molecule has 3 aromatic rings. The highest BCUT2D eigenvalue weighted by molar-refractivity contribution is 7.87. The number of nitrogens with zero attached hydrogens (tertiary/aromatic N) is 4. The Kier molecular flexibility index (Phi) is 4.28. The first-order valence-corrected chi connectivity index (χ1v) is 9.99. The highest BCUT2D eigenvalue weighted by Crippen LogP contribution is 2.35. The van der Waals surface area contributed by atoms with Gasteiger partial charge in [0, 0.05) is 16.3 Å². The van der Waals surface area contributed by atoms with Crippen molar-refractivity contribution in [3.05, 3.63) is 53.3 Å². The smallest absolute Gasteiger partial charge is 0.223 e. The van der Waals surface area contributed by atoms with Crippen LogP contribution in [0.2, 0.25) is 0 Å². The van der Waals surface area contributed by atoms with Crippen LogP contribution in [0.4, 0.5) is 0 Å². The van der Waals surface area contributed by atoms with Crippen molar-refractivity contribution in [2.24, 2.45) is 0 Å². The summed E-state index contributed by atoms with van der Waals surface area (Å²) in [7, 11) is -0.519. The van der Waals surface area contributed by atoms with Crippen molar-refractivity contribution >= 4 is 10.7 Å². The van der Waals surface area contributed by atoms with Crippen LogP contribution in [0.3, 0.4) is 0 Å². The second-order valence-corrected chi connectivity index (χ2v) is 8.51. The first-order chi connectivity index (χ1) is 13.0. The molecule has 2 aromatic heterocycles. The minimum atomic E-state index is -0.519. The summed E-state index contributed by atoms with van der Waals surface area (Å²) in [6.07, 6.45) is 4.00. The van der Waals surface area contributed by atoms with Crippen LogP contribution in [-0.2, 0) is 10.7 Å². The SMILES string of the molecule is Cc1cc(-n2nc(C)c(-c3ccc(C#N)cc3)c2O)ncc1[S@](=N)C1CC1. The van der Waals surface area contributed by atoms with Crippen molar-refractivity contribution in [3.63, 3.8) is 0 Å². The second-order valence-electron chi connectivity index (χ2n) is 6.73. The van der Waals surface area contributed by atoms with Crippen LogP contribution in [0.15, 0.2) is 41.4 Å². The highest BCUT2D eigenvalue weighted by Gasteiger charge is 2.27. The summed E-state index contributed by atoms with van der Waals surface area (Å²) in [5, 5.41) is 24.6. The number of aromatic hydroxyl groups is 1. The average Bonchev–Trinajstić information content (AvgIpc) is 3.47. The van der Waals surface area contributed by atoms with Crippen LogP contribution in [0.25, 0.3) is 16.9 Å². The quantitative estimate of drug-likeness (QED) is 0.717. The van der Waals surface area contributed by atoms with E-state index in [2.05, 4.69) is 16.2 Å². The highest BCUT2D eigenvalue weighted by atomic mass is 32.2. The van der Waals surface area contributed by atoms with E-state index in [9.17, 15) is 5.11 Å². The fraction of sp³-hybridized carbons (Fsp3) is 0.250. The molecule has 1 aliphatic carbocycles. The number of pyridine rings is 1. The molecule has 2 N–H and O–H groups in total. The molecule has 0 unspecified atom stereocenters. The molecule has 1 saturated carbocycles. The minimum absolute atomic E-state index is 0.0175. The molecule has 7 heteroatoms. The van der Waals surface area contributed by atoms with E-state index in [0.29, 0.717) is 27.9 Å². The molecule has 1 aliphatic rings. The van der Waals surface area contributed by atoms with Gasteiger partial charge in [0.05, 0.1) is 22.9 Å². The Morgan fingerprint density at radius 3 is 2.56 bits per heavy atom. The number of benzene rings is 1. The fourth-order valence-corrected chi connectivity index (χ4v) is 4.62. The summed E-state index contributed by atoms with van der Waals surface area (Å²) < 4.78 is 9.79. The molecule has 0 radical (unpaired) electrons. The number of aryl methyl sites for hydroxylation is 2. The van der Waals surface area contributed by atoms with E-state index in [1.165, 1.54) is 4.68 Å². The van der Waals surface area contributed by atoms with Gasteiger partial charge in [-0.25, -0.2) is 4.98 Å². The van der Waals surface area contributed by atoms with E-state index in [1.807, 2.05) is 19.9 Å². The zero-order valence-electron chi connectivity index (χ0n) is 15.1. The molecular formula is C20H19N5OS. The Labute approximate surface area is 160 Å². The monoisotopic (exact) mass is 377 g/mol. The fourth-order valence-electron chi connectivity index (χ4n) is 3.08. The van der Waals surface area contributed by atoms with Crippen LogP contribution >= 0.6 is 0 Å². The molecule has 0 spiro atoms. The van der Waals surface area contributed by atoms with Crippen molar-refractivity contribution in [2.75, 3.05) is 0 Å². The zero-order chi connectivity index (χ0) is 19.1. The normalized spacial score (nSPS) is 14.7. The van der Waals surface area contributed by atoms with Gasteiger partial charge in [-0.15, -0.1) is 0 Å². The predicted octanol–water partition coefficient (Wildman–Crippen LogP) is 4.03. The number of hydrogen-bond acceptors (Lipinski definition) is 5. The Hall–Kier alpha value is -2.98. The van der Waals surface area contributed by atoms with E-state index in [-0.39, 0.29) is 5.88 Å². The van der Waals surface area contributed by atoms with Gasteiger partial charge in [-0.2, -0.15) is 15.0 Å². The van der Waals surface area contributed by atoms with E-state index in [1.54, 1.807) is 30.5 Å². The Morgan fingerprint density at radius 1 is 1.26 bits per heavy atom. The number of rotatable bonds is 4. The van der Waals surface area contributed by atoms with Crippen LogP contribution in [-0.4, -0.2) is 25.1 Å². The molecule has 0 bridgehead atoms. The average molecular weight is 377 g/mol. The Bertz CT molecular complexity index is 1090. The summed E-state index contributed by atoms with van der Waals surface area (Å²) in [5.41, 5.74) is 3.67. The summed E-state index contributed by atoms with van der Waals surface area (Å²) in [5.74, 6) is 0.550. The van der Waals surface area contributed by atoms with Crippen molar-refractivity contribution < 1.29 is 5.11 Å². The molecule has 1 fully saturated rings. The lowest BCUT2D eigenvalue weighted by atomic mass is 10.0. The van der Waals surface area contributed by atoms with Crippen LogP contribution in [0.5, 0.6) is 5.88 Å². The molecule has 0 aliphatic heterocycles. The number of hydrogen-bond donors (Lipinski definition) is 2. The number of nitrogens with one attached hydrogen (secondary N) is 1. The summed E-state index contributed by atoms with van der Waals surface area (Å²) in [6, 6.07) is 11.0. The Morgan fingerprint density at radius 2 is 1.96 bits per heavy atom. The van der Waals surface area contributed by atoms with Gasteiger partial charge >= 0.3 is 0 Å². The van der Waals surface area contributed by atoms with Crippen LogP contribution in [0.1, 0.15) is 29.7 Å². The van der Waals surface area contributed by atoms with Gasteiger partial charge in [0.1, 0.15) is 0 Å². The Balaban J connectivity index is 1.73. The maximum atomic E-state index is 10.8. The maximum Gasteiger partial charge on any atom is 0.223 e. The molecule has 136 valence electrons. The van der Waals surface area contributed by atoms with Crippen molar-refractivity contribution in [3.8, 4) is 28.9 Å². The van der Waals surface area contributed by atoms with Crippen molar-refractivity contribution in [1.29, 1.82) is 10.0 Å². The largest absolute Gasteiger partial charge is 0.493 e. The third kappa shape index (κ3) is 3.13. The topological polar surface area (TPSA) is 98.6 Å². The number of nitriles is 1. The molecular weight excluding hydrogens is 358 g/mol. The van der Waals surface area contributed by atoms with Gasteiger partial charge in [-0.05, 0) is 56.0 Å². The van der Waals surface area contributed by atoms with Crippen molar-refractivity contribution in [2.45, 2.75) is 36.8 Å². The van der Waals surface area contributed by atoms with Gasteiger partial charge in [0.2, 0.25) is 5.88 Å². The second kappa shape index (κ2) is 6.63. The molecule has 0 saturated heterocycles. The van der Waals surface area contributed by atoms with Crippen molar-refractivity contribution in [1.82, 2.24) is 14.8 Å². The molecule has 4 rings (SSSR count). The molecule has 1 atom stereocenters. The first kappa shape index (κ1) is 17.4. The molecule has 2 heterocycles. The predicted molar refractivity (Wildman–Crippen MR) is 104 cm³/mol. The lowest BCUT2D eigenvalue weighted by Crippen LogP contribution is -2.04. The lowest BCUT2D eigenvalue weighted by molar-refractivity contribution is 0.433. The minimum Gasteiger partial charge on any atom is -0.493 e. The summed E-state index contributed by atoms with van der Waals surface area (Å²) >= 11 is 0. The lowest BCUT2D eigenvalue weighted by Gasteiger charge is -2.10. The van der Waals surface area contributed by atoms with E-state index < -0.39 is 10.7 Å². The maximum absolute atomic E-state index is 10.8. The van der Waals surface area contributed by atoms with Crippen LogP contribution in [0, 0.1) is 30.0 Å². The summed E-state index contributed by atoms with van der Waals surface area (Å²) in [4.78, 5) is 5.43. The van der Waals surface area contributed by atoms with Gasteiger partial charge in [-0.1, -0.05) is 22.8 Å². The molecule has 0 amide bonds. The van der Waals surface area contributed by atoms with E-state index in [4.69, 9.17) is 10.0 Å². The summed E-state index contributed by atoms with van der Waals surface area (Å²) in [6.45, 7) is 3.81. The van der Waals surface area contributed by atoms with E-state index in [0.717, 1.165) is 28.9 Å². The zero-order valence-corrected chi connectivity index (χ0v) is 15.9. The van der Waals surface area contributed by atoms with Crippen LogP contribution < -0.4 is 0 Å². The van der Waals surface area contributed by atoms with Gasteiger partial charge < -0.3 is 5.11 Å². The van der Waals surface area contributed by atoms with Gasteiger partial charge in [-0.3, -0.25) is 4.78 Å². The molecule has 27 heavy (non-hydrogen) atoms. The molecule has 6 nitrogen and oxygen atoms in total. The van der Waals surface area contributed by atoms with Gasteiger partial charge in [0.25, 0.3) is 0 Å². The first-order valence-electron chi connectivity index (χ1n) is 8.70. The van der Waals surface area contributed by atoms with Gasteiger partial charge in [0.15, 0.2) is 5.82 Å².